The lowest BCUT2D eigenvalue weighted by Gasteiger charge is -2.09. The lowest BCUT2D eigenvalue weighted by molar-refractivity contribution is 0.0601. The molecule has 0 aliphatic heterocycles. The Morgan fingerprint density at radius 3 is 2.68 bits per heavy atom. The molecule has 0 aliphatic rings. The van der Waals surface area contributed by atoms with Crippen LogP contribution in [0.25, 0.3) is 28.3 Å². The van der Waals surface area contributed by atoms with E-state index in [0.29, 0.717) is 33.9 Å². The highest BCUT2D eigenvalue weighted by molar-refractivity contribution is 5.97. The molecule has 0 spiro atoms. The monoisotopic (exact) mass is 375 g/mol. The van der Waals surface area contributed by atoms with Gasteiger partial charge in [0.1, 0.15) is 11.5 Å². The molecule has 0 unspecified atom stereocenters. The number of tetrazole rings is 1. The minimum Gasteiger partial charge on any atom is -0.465 e. The van der Waals surface area contributed by atoms with E-state index >= 15 is 0 Å². The molecule has 4 aromatic rings. The van der Waals surface area contributed by atoms with Crippen LogP contribution in [-0.4, -0.2) is 38.3 Å². The molecule has 2 heterocycles. The third kappa shape index (κ3) is 3.35. The van der Waals surface area contributed by atoms with Gasteiger partial charge in [0.2, 0.25) is 5.82 Å². The number of hydrogen-bond acceptors (Lipinski definition) is 6. The van der Waals surface area contributed by atoms with Gasteiger partial charge in [0.05, 0.1) is 18.4 Å². The van der Waals surface area contributed by atoms with Crippen LogP contribution in [0.15, 0.2) is 66.9 Å². The number of pyridine rings is 1. The number of carbonyl (C=O) groups excluding carboxylic acids is 1. The van der Waals surface area contributed by atoms with Crippen LogP contribution in [0.1, 0.15) is 10.4 Å². The van der Waals surface area contributed by atoms with Gasteiger partial charge in [-0.15, -0.1) is 15.0 Å². The van der Waals surface area contributed by atoms with Gasteiger partial charge in [-0.3, -0.25) is 4.98 Å². The number of hydrogen-bond donors (Lipinski definition) is 0. The standard InChI is InChI=1S/C20H14FN5O2/c1-28-20(27)17-7-3-2-6-16(17)13-10-14(21)12-15(11-13)26-24-19(23-25-26)18-8-4-5-9-22-18/h2-12H,1H3. The van der Waals surface area contributed by atoms with Crippen molar-refractivity contribution in [1.29, 1.82) is 0 Å². The number of methoxy groups -OCH3 is 1. The summed E-state index contributed by atoms with van der Waals surface area (Å²) < 4.78 is 19.1. The van der Waals surface area contributed by atoms with E-state index in [9.17, 15) is 9.18 Å². The Morgan fingerprint density at radius 1 is 1.07 bits per heavy atom. The number of benzene rings is 2. The van der Waals surface area contributed by atoms with Crippen LogP contribution in [-0.2, 0) is 4.74 Å². The average Bonchev–Trinajstić information content (AvgIpc) is 3.24. The fourth-order valence-corrected chi connectivity index (χ4v) is 2.79. The zero-order chi connectivity index (χ0) is 19.5. The van der Waals surface area contributed by atoms with Crippen molar-refractivity contribution in [3.05, 3.63) is 78.2 Å². The maximum Gasteiger partial charge on any atom is 0.338 e. The quantitative estimate of drug-likeness (QED) is 0.509. The third-order valence-corrected chi connectivity index (χ3v) is 4.06. The number of rotatable bonds is 4. The van der Waals surface area contributed by atoms with Crippen molar-refractivity contribution in [3.63, 3.8) is 0 Å². The highest BCUT2D eigenvalue weighted by Crippen LogP contribution is 2.27. The fourth-order valence-electron chi connectivity index (χ4n) is 2.79. The van der Waals surface area contributed by atoms with Crippen LogP contribution in [0.2, 0.25) is 0 Å². The highest BCUT2D eigenvalue weighted by Gasteiger charge is 2.15. The van der Waals surface area contributed by atoms with E-state index in [0.717, 1.165) is 0 Å². The minimum atomic E-state index is -0.502. The number of nitrogens with zero attached hydrogens (tertiary/aromatic N) is 5. The van der Waals surface area contributed by atoms with Gasteiger partial charge in [-0.1, -0.05) is 24.3 Å². The Hall–Kier alpha value is -3.94. The van der Waals surface area contributed by atoms with Crippen molar-refractivity contribution in [2.24, 2.45) is 0 Å². The van der Waals surface area contributed by atoms with Crippen molar-refractivity contribution in [2.75, 3.05) is 7.11 Å². The molecule has 8 heteroatoms. The zero-order valence-electron chi connectivity index (χ0n) is 14.8. The zero-order valence-corrected chi connectivity index (χ0v) is 14.8. The fraction of sp³-hybridized carbons (Fsp3) is 0.0500. The summed E-state index contributed by atoms with van der Waals surface area (Å²) in [6, 6.07) is 16.5. The largest absolute Gasteiger partial charge is 0.465 e. The third-order valence-electron chi connectivity index (χ3n) is 4.06. The molecule has 138 valence electrons. The van der Waals surface area contributed by atoms with E-state index in [1.807, 2.05) is 6.07 Å². The summed E-state index contributed by atoms with van der Waals surface area (Å²) in [7, 11) is 1.30. The van der Waals surface area contributed by atoms with Crippen molar-refractivity contribution < 1.29 is 13.9 Å². The summed E-state index contributed by atoms with van der Waals surface area (Å²) in [5.41, 5.74) is 2.29. The number of halogens is 1. The molecule has 0 N–H and O–H groups in total. The Kier molecular flexibility index (Phi) is 4.59. The van der Waals surface area contributed by atoms with Gasteiger partial charge < -0.3 is 4.74 Å². The molecule has 0 bridgehead atoms. The number of aromatic nitrogens is 5. The second-order valence-corrected chi connectivity index (χ2v) is 5.85. The van der Waals surface area contributed by atoms with Crippen LogP contribution in [0.5, 0.6) is 0 Å². The van der Waals surface area contributed by atoms with Gasteiger partial charge in [-0.05, 0) is 46.7 Å². The molecule has 2 aromatic heterocycles. The van der Waals surface area contributed by atoms with E-state index in [1.165, 1.54) is 24.0 Å². The summed E-state index contributed by atoms with van der Waals surface area (Å²) in [4.78, 5) is 17.4. The predicted octanol–water partition coefficient (Wildman–Crippen LogP) is 3.32. The van der Waals surface area contributed by atoms with Gasteiger partial charge in [0, 0.05) is 12.3 Å². The number of carbonyl (C=O) groups is 1. The number of ether oxygens (including phenoxy) is 1. The van der Waals surface area contributed by atoms with Crippen molar-refractivity contribution in [1.82, 2.24) is 25.2 Å². The summed E-state index contributed by atoms with van der Waals surface area (Å²) in [6.45, 7) is 0. The van der Waals surface area contributed by atoms with Crippen LogP contribution in [0.3, 0.4) is 0 Å². The Balaban J connectivity index is 1.78. The van der Waals surface area contributed by atoms with Gasteiger partial charge in [0.15, 0.2) is 0 Å². The maximum atomic E-state index is 14.3. The number of esters is 1. The molecule has 0 amide bonds. The SMILES string of the molecule is COC(=O)c1ccccc1-c1cc(F)cc(-n2nnc(-c3ccccn3)n2)c1. The van der Waals surface area contributed by atoms with E-state index in [1.54, 1.807) is 48.7 Å². The molecule has 0 saturated heterocycles. The topological polar surface area (TPSA) is 82.8 Å². The summed E-state index contributed by atoms with van der Waals surface area (Å²) in [5.74, 6) is -0.678. The van der Waals surface area contributed by atoms with Crippen molar-refractivity contribution in [3.8, 4) is 28.3 Å². The van der Waals surface area contributed by atoms with Gasteiger partial charge in [0.25, 0.3) is 0 Å². The first-order valence-electron chi connectivity index (χ1n) is 8.36. The minimum absolute atomic E-state index is 0.321. The molecule has 2 aromatic carbocycles. The first-order valence-corrected chi connectivity index (χ1v) is 8.36. The van der Waals surface area contributed by atoms with Crippen molar-refractivity contribution in [2.45, 2.75) is 0 Å². The van der Waals surface area contributed by atoms with Gasteiger partial charge in [-0.25, -0.2) is 9.18 Å². The first-order chi connectivity index (χ1) is 13.7. The predicted molar refractivity (Wildman–Crippen MR) is 99.1 cm³/mol. The normalized spacial score (nSPS) is 10.6. The summed E-state index contributed by atoms with van der Waals surface area (Å²) in [5, 5.41) is 12.2. The molecule has 0 fully saturated rings. The van der Waals surface area contributed by atoms with E-state index in [2.05, 4.69) is 20.4 Å². The summed E-state index contributed by atoms with van der Waals surface area (Å²) in [6.07, 6.45) is 1.63. The van der Waals surface area contributed by atoms with Crippen LogP contribution in [0.4, 0.5) is 4.39 Å². The molecule has 0 aliphatic carbocycles. The Bertz CT molecular complexity index is 1140. The lowest BCUT2D eigenvalue weighted by atomic mass is 9.99. The lowest BCUT2D eigenvalue weighted by Crippen LogP contribution is -2.04. The molecule has 4 rings (SSSR count). The summed E-state index contributed by atoms with van der Waals surface area (Å²) >= 11 is 0. The van der Waals surface area contributed by atoms with Crippen LogP contribution in [0, 0.1) is 5.82 Å². The average molecular weight is 375 g/mol. The van der Waals surface area contributed by atoms with E-state index in [4.69, 9.17) is 4.74 Å². The second-order valence-electron chi connectivity index (χ2n) is 5.85. The smallest absolute Gasteiger partial charge is 0.338 e. The van der Waals surface area contributed by atoms with Crippen LogP contribution >= 0.6 is 0 Å². The molecular weight excluding hydrogens is 361 g/mol. The Morgan fingerprint density at radius 2 is 1.89 bits per heavy atom. The first kappa shape index (κ1) is 17.5. The van der Waals surface area contributed by atoms with E-state index in [-0.39, 0.29) is 0 Å². The van der Waals surface area contributed by atoms with Gasteiger partial charge >= 0.3 is 5.97 Å². The van der Waals surface area contributed by atoms with Crippen molar-refractivity contribution >= 4 is 5.97 Å². The maximum absolute atomic E-state index is 14.3. The second kappa shape index (κ2) is 7.36. The molecule has 0 atom stereocenters. The van der Waals surface area contributed by atoms with Crippen LogP contribution < -0.4 is 0 Å². The molecule has 28 heavy (non-hydrogen) atoms. The Labute approximate surface area is 159 Å². The van der Waals surface area contributed by atoms with Gasteiger partial charge in [-0.2, -0.15) is 0 Å². The van der Waals surface area contributed by atoms with E-state index < -0.39 is 11.8 Å². The molecular formula is C20H14FN5O2. The highest BCUT2D eigenvalue weighted by atomic mass is 19.1. The molecule has 0 saturated carbocycles. The molecule has 0 radical (unpaired) electrons. The molecule has 7 nitrogen and oxygen atoms in total.